The Balaban J connectivity index is 1.70. The first kappa shape index (κ1) is 13.2. The van der Waals surface area contributed by atoms with E-state index in [1.165, 1.54) is 24.8 Å². The number of benzene rings is 1. The van der Waals surface area contributed by atoms with E-state index >= 15 is 0 Å². The number of carbonyl (C=O) groups is 1. The number of nitrogens with one attached hydrogen (secondary N) is 1. The molecule has 1 N–H and O–H groups in total. The highest BCUT2D eigenvalue weighted by atomic mass is 79.9. The lowest BCUT2D eigenvalue weighted by atomic mass is 9.92. The molecule has 0 heterocycles. The molecule has 1 aromatic rings. The molecule has 19 heavy (non-hydrogen) atoms. The van der Waals surface area contributed by atoms with Crippen LogP contribution in [0.25, 0.3) is 0 Å². The number of carbonyl (C=O) groups excluding carboxylic acids is 1. The van der Waals surface area contributed by atoms with Gasteiger partial charge in [-0.25, -0.2) is 0 Å². The van der Waals surface area contributed by atoms with Crippen LogP contribution in [0.2, 0.25) is 0 Å². The monoisotopic (exact) mass is 321 g/mol. The SMILES string of the molecule is O=C(NC1CCCCC1)C1(c2ccc(Br)cc2)CC1. The molecule has 0 atom stereocenters. The van der Waals surface area contributed by atoms with Crippen molar-refractivity contribution in [1.82, 2.24) is 5.32 Å². The lowest BCUT2D eigenvalue weighted by Crippen LogP contribution is -2.42. The van der Waals surface area contributed by atoms with E-state index in [9.17, 15) is 4.79 Å². The van der Waals surface area contributed by atoms with Crippen molar-refractivity contribution in [2.45, 2.75) is 56.4 Å². The van der Waals surface area contributed by atoms with E-state index in [0.717, 1.165) is 30.2 Å². The second-order valence-corrected chi connectivity index (χ2v) is 6.81. The minimum Gasteiger partial charge on any atom is -0.353 e. The number of rotatable bonds is 3. The van der Waals surface area contributed by atoms with Gasteiger partial charge in [0.25, 0.3) is 0 Å². The highest BCUT2D eigenvalue weighted by Crippen LogP contribution is 2.48. The minimum atomic E-state index is -0.224. The standard InChI is InChI=1S/C16H20BrNO/c17-13-8-6-12(7-9-13)16(10-11-16)15(19)18-14-4-2-1-3-5-14/h6-9,14H,1-5,10-11H2,(H,18,19). The molecule has 0 radical (unpaired) electrons. The molecule has 3 rings (SSSR count). The Kier molecular flexibility index (Phi) is 3.66. The summed E-state index contributed by atoms with van der Waals surface area (Å²) in [5, 5.41) is 3.28. The zero-order chi connectivity index (χ0) is 13.3. The summed E-state index contributed by atoms with van der Waals surface area (Å²) in [6, 6.07) is 8.64. The van der Waals surface area contributed by atoms with Gasteiger partial charge in [-0.15, -0.1) is 0 Å². The van der Waals surface area contributed by atoms with Crippen molar-refractivity contribution in [3.63, 3.8) is 0 Å². The van der Waals surface area contributed by atoms with Crippen LogP contribution in [0.4, 0.5) is 0 Å². The average Bonchev–Trinajstić information content (AvgIpc) is 3.22. The van der Waals surface area contributed by atoms with E-state index in [1.54, 1.807) is 0 Å². The average molecular weight is 322 g/mol. The summed E-state index contributed by atoms with van der Waals surface area (Å²) in [7, 11) is 0. The first-order valence-electron chi connectivity index (χ1n) is 7.28. The zero-order valence-electron chi connectivity index (χ0n) is 11.1. The summed E-state index contributed by atoms with van der Waals surface area (Å²) in [5.41, 5.74) is 0.946. The van der Waals surface area contributed by atoms with Crippen LogP contribution >= 0.6 is 15.9 Å². The molecule has 0 bridgehead atoms. The Labute approximate surface area is 123 Å². The lowest BCUT2D eigenvalue weighted by Gasteiger charge is -2.25. The Bertz CT molecular complexity index is 458. The van der Waals surface area contributed by atoms with E-state index in [1.807, 2.05) is 12.1 Å². The van der Waals surface area contributed by atoms with E-state index in [-0.39, 0.29) is 11.3 Å². The van der Waals surface area contributed by atoms with Gasteiger partial charge in [-0.1, -0.05) is 47.3 Å². The van der Waals surface area contributed by atoms with Gasteiger partial charge in [0.15, 0.2) is 0 Å². The van der Waals surface area contributed by atoms with Gasteiger partial charge in [-0.05, 0) is 43.4 Å². The van der Waals surface area contributed by atoms with Gasteiger partial charge in [0.05, 0.1) is 5.41 Å². The molecular weight excluding hydrogens is 302 g/mol. The lowest BCUT2D eigenvalue weighted by molar-refractivity contribution is -0.124. The van der Waals surface area contributed by atoms with Crippen LogP contribution in [0, 0.1) is 0 Å². The quantitative estimate of drug-likeness (QED) is 0.897. The largest absolute Gasteiger partial charge is 0.353 e. The fourth-order valence-electron chi connectivity index (χ4n) is 3.11. The van der Waals surface area contributed by atoms with E-state index in [0.29, 0.717) is 6.04 Å². The molecule has 102 valence electrons. The molecular formula is C16H20BrNO. The first-order chi connectivity index (χ1) is 9.21. The maximum absolute atomic E-state index is 12.6. The van der Waals surface area contributed by atoms with Crippen LogP contribution in [0.1, 0.15) is 50.5 Å². The van der Waals surface area contributed by atoms with Gasteiger partial charge in [0.2, 0.25) is 5.91 Å². The molecule has 2 fully saturated rings. The zero-order valence-corrected chi connectivity index (χ0v) is 12.7. The Morgan fingerprint density at radius 1 is 1.11 bits per heavy atom. The normalized spacial score (nSPS) is 21.9. The predicted molar refractivity (Wildman–Crippen MR) is 80.1 cm³/mol. The molecule has 2 aliphatic carbocycles. The Hall–Kier alpha value is -0.830. The van der Waals surface area contributed by atoms with Gasteiger partial charge in [0, 0.05) is 10.5 Å². The van der Waals surface area contributed by atoms with Crippen LogP contribution in [0.5, 0.6) is 0 Å². The first-order valence-corrected chi connectivity index (χ1v) is 8.07. The van der Waals surface area contributed by atoms with Crippen LogP contribution < -0.4 is 5.32 Å². The molecule has 1 amide bonds. The van der Waals surface area contributed by atoms with Gasteiger partial charge in [-0.3, -0.25) is 4.79 Å². The van der Waals surface area contributed by atoms with Gasteiger partial charge < -0.3 is 5.32 Å². The van der Waals surface area contributed by atoms with Crippen LogP contribution in [0.3, 0.4) is 0 Å². The molecule has 2 nitrogen and oxygen atoms in total. The number of hydrogen-bond donors (Lipinski definition) is 1. The third kappa shape index (κ3) is 2.71. The molecule has 2 saturated carbocycles. The summed E-state index contributed by atoms with van der Waals surface area (Å²) >= 11 is 3.45. The second-order valence-electron chi connectivity index (χ2n) is 5.90. The molecule has 2 aliphatic rings. The van der Waals surface area contributed by atoms with Crippen molar-refractivity contribution in [2.24, 2.45) is 0 Å². The third-order valence-corrected chi connectivity index (χ3v) is 5.05. The maximum Gasteiger partial charge on any atom is 0.230 e. The number of halogens is 1. The highest BCUT2D eigenvalue weighted by molar-refractivity contribution is 9.10. The number of hydrogen-bond acceptors (Lipinski definition) is 1. The fraction of sp³-hybridized carbons (Fsp3) is 0.562. The summed E-state index contributed by atoms with van der Waals surface area (Å²) < 4.78 is 1.07. The van der Waals surface area contributed by atoms with E-state index in [4.69, 9.17) is 0 Å². The minimum absolute atomic E-state index is 0.224. The Morgan fingerprint density at radius 2 is 1.74 bits per heavy atom. The molecule has 3 heteroatoms. The smallest absolute Gasteiger partial charge is 0.230 e. The maximum atomic E-state index is 12.6. The molecule has 0 aliphatic heterocycles. The second kappa shape index (κ2) is 5.28. The van der Waals surface area contributed by atoms with Gasteiger partial charge in [-0.2, -0.15) is 0 Å². The van der Waals surface area contributed by atoms with Gasteiger partial charge in [0.1, 0.15) is 0 Å². The van der Waals surface area contributed by atoms with E-state index < -0.39 is 0 Å². The molecule has 0 unspecified atom stereocenters. The summed E-state index contributed by atoms with van der Waals surface area (Å²) in [4.78, 5) is 12.6. The van der Waals surface area contributed by atoms with Crippen molar-refractivity contribution in [2.75, 3.05) is 0 Å². The van der Waals surface area contributed by atoms with Crippen LogP contribution in [-0.4, -0.2) is 11.9 Å². The van der Waals surface area contributed by atoms with Crippen LogP contribution in [-0.2, 0) is 10.2 Å². The van der Waals surface area contributed by atoms with E-state index in [2.05, 4.69) is 33.4 Å². The van der Waals surface area contributed by atoms with Crippen molar-refractivity contribution in [1.29, 1.82) is 0 Å². The molecule has 0 aromatic heterocycles. The third-order valence-electron chi connectivity index (χ3n) is 4.52. The highest BCUT2D eigenvalue weighted by Gasteiger charge is 2.51. The Morgan fingerprint density at radius 3 is 2.32 bits per heavy atom. The van der Waals surface area contributed by atoms with Gasteiger partial charge >= 0.3 is 0 Å². The van der Waals surface area contributed by atoms with Crippen molar-refractivity contribution >= 4 is 21.8 Å². The predicted octanol–water partition coefficient (Wildman–Crippen LogP) is 3.93. The van der Waals surface area contributed by atoms with Crippen molar-refractivity contribution in [3.8, 4) is 0 Å². The fourth-order valence-corrected chi connectivity index (χ4v) is 3.38. The summed E-state index contributed by atoms with van der Waals surface area (Å²) in [6.45, 7) is 0. The molecule has 0 saturated heterocycles. The van der Waals surface area contributed by atoms with Crippen LogP contribution in [0.15, 0.2) is 28.7 Å². The topological polar surface area (TPSA) is 29.1 Å². The van der Waals surface area contributed by atoms with Crippen molar-refractivity contribution < 1.29 is 4.79 Å². The number of amides is 1. The summed E-state index contributed by atoms with van der Waals surface area (Å²) in [6.07, 6.45) is 8.14. The van der Waals surface area contributed by atoms with Crippen molar-refractivity contribution in [3.05, 3.63) is 34.3 Å². The molecule has 1 aromatic carbocycles. The summed E-state index contributed by atoms with van der Waals surface area (Å²) in [5.74, 6) is 0.252. The molecule has 0 spiro atoms.